The van der Waals surface area contributed by atoms with E-state index in [1.54, 1.807) is 0 Å². The van der Waals surface area contributed by atoms with Gasteiger partial charge in [0.25, 0.3) is 0 Å². The molecule has 2 N–H and O–H groups in total. The first-order valence-corrected chi connectivity index (χ1v) is 8.05. The van der Waals surface area contributed by atoms with Gasteiger partial charge in [0.15, 0.2) is 0 Å². The highest BCUT2D eigenvalue weighted by atomic mass is 16.5. The molecule has 0 atom stereocenters. The van der Waals surface area contributed by atoms with Crippen LogP contribution in [0.4, 0.5) is 0 Å². The van der Waals surface area contributed by atoms with Crippen molar-refractivity contribution < 1.29 is 14.9 Å². The molecule has 0 saturated carbocycles. The van der Waals surface area contributed by atoms with Gasteiger partial charge in [-0.1, -0.05) is 61.7 Å². The van der Waals surface area contributed by atoms with Gasteiger partial charge in [-0.2, -0.15) is 0 Å². The molecule has 3 rings (SSSR count). The predicted octanol–water partition coefficient (Wildman–Crippen LogP) is 3.53. The lowest BCUT2D eigenvalue weighted by Gasteiger charge is -2.08. The summed E-state index contributed by atoms with van der Waals surface area (Å²) in [6, 6.07) is 12.9. The fourth-order valence-electron chi connectivity index (χ4n) is 2.90. The largest absolute Gasteiger partial charge is 0.394 e. The molecule has 24 heavy (non-hydrogen) atoms. The molecule has 0 unspecified atom stereocenters. The monoisotopic (exact) mass is 324 g/mol. The van der Waals surface area contributed by atoms with Crippen LogP contribution in [0.3, 0.4) is 0 Å². The van der Waals surface area contributed by atoms with Crippen LogP contribution in [0, 0.1) is 0 Å². The van der Waals surface area contributed by atoms with E-state index in [1.165, 1.54) is 33.4 Å². The van der Waals surface area contributed by atoms with Gasteiger partial charge in [-0.3, -0.25) is 0 Å². The molecule has 0 heterocycles. The number of aliphatic hydroxyl groups is 2. The Labute approximate surface area is 143 Å². The first kappa shape index (κ1) is 18.1. The summed E-state index contributed by atoms with van der Waals surface area (Å²) in [4.78, 5) is 0. The molecule has 0 aromatic heterocycles. The Morgan fingerprint density at radius 3 is 2.25 bits per heavy atom. The second-order valence-corrected chi connectivity index (χ2v) is 5.40. The number of ether oxygens (including phenoxy) is 1. The number of rotatable bonds is 6. The summed E-state index contributed by atoms with van der Waals surface area (Å²) >= 11 is 0. The summed E-state index contributed by atoms with van der Waals surface area (Å²) in [5, 5.41) is 16.2. The van der Waals surface area contributed by atoms with E-state index in [1.807, 2.05) is 12.2 Å². The molecule has 1 aliphatic rings. The minimum atomic E-state index is 0.0278. The minimum Gasteiger partial charge on any atom is -0.394 e. The van der Waals surface area contributed by atoms with Crippen molar-refractivity contribution in [3.8, 4) is 11.1 Å². The molecule has 0 aliphatic heterocycles. The highest BCUT2D eigenvalue weighted by molar-refractivity contribution is 5.83. The lowest BCUT2D eigenvalue weighted by Crippen LogP contribution is -2.03. The fraction of sp³-hybridized carbons (Fsp3) is 0.238. The number of hydrogen-bond donors (Lipinski definition) is 2. The topological polar surface area (TPSA) is 49.7 Å². The maximum Gasteiger partial charge on any atom is 0.0698 e. The van der Waals surface area contributed by atoms with E-state index >= 15 is 0 Å². The zero-order valence-electron chi connectivity index (χ0n) is 13.9. The molecule has 0 fully saturated rings. The van der Waals surface area contributed by atoms with Gasteiger partial charge in [-0.15, -0.1) is 0 Å². The molecule has 126 valence electrons. The second kappa shape index (κ2) is 9.18. The van der Waals surface area contributed by atoms with Crippen molar-refractivity contribution >= 4 is 12.2 Å². The molecule has 0 radical (unpaired) electrons. The maximum absolute atomic E-state index is 8.09. The first-order chi connectivity index (χ1) is 11.8. The number of fused-ring (bicyclic) bond motifs is 3. The minimum absolute atomic E-state index is 0.0278. The van der Waals surface area contributed by atoms with Crippen molar-refractivity contribution in [1.82, 2.24) is 0 Å². The van der Waals surface area contributed by atoms with Crippen molar-refractivity contribution in [3.63, 3.8) is 0 Å². The van der Waals surface area contributed by atoms with Crippen LogP contribution in [0.2, 0.25) is 0 Å². The third kappa shape index (κ3) is 4.01. The van der Waals surface area contributed by atoms with Crippen LogP contribution < -0.4 is 0 Å². The molecule has 1 aliphatic carbocycles. The summed E-state index contributed by atoms with van der Waals surface area (Å²) in [5.74, 6) is 0. The zero-order chi connectivity index (χ0) is 17.4. The average molecular weight is 324 g/mol. The van der Waals surface area contributed by atoms with Gasteiger partial charge in [-0.25, -0.2) is 0 Å². The van der Waals surface area contributed by atoms with Gasteiger partial charge in [0, 0.05) is 0 Å². The van der Waals surface area contributed by atoms with Crippen LogP contribution in [0.5, 0.6) is 0 Å². The Morgan fingerprint density at radius 1 is 0.917 bits per heavy atom. The Kier molecular flexibility index (Phi) is 6.94. The van der Waals surface area contributed by atoms with Crippen molar-refractivity contribution in [2.24, 2.45) is 0 Å². The van der Waals surface area contributed by atoms with Crippen LogP contribution in [0.1, 0.15) is 22.3 Å². The van der Waals surface area contributed by atoms with Crippen molar-refractivity contribution in [1.29, 1.82) is 0 Å². The van der Waals surface area contributed by atoms with Gasteiger partial charge in [0.2, 0.25) is 0 Å². The Morgan fingerprint density at radius 2 is 1.62 bits per heavy atom. The molecular weight excluding hydrogens is 300 g/mol. The summed E-state index contributed by atoms with van der Waals surface area (Å²) < 4.78 is 4.63. The quantitative estimate of drug-likeness (QED) is 0.682. The smallest absolute Gasteiger partial charge is 0.0698 e. The molecule has 3 nitrogen and oxygen atoms in total. The summed E-state index contributed by atoms with van der Waals surface area (Å²) in [6.07, 6.45) is 4.86. The van der Waals surface area contributed by atoms with E-state index in [4.69, 9.17) is 10.2 Å². The Bertz CT molecular complexity index is 700. The molecular formula is C21H24O3. The number of hydrogen-bond acceptors (Lipinski definition) is 3. The van der Waals surface area contributed by atoms with E-state index in [9.17, 15) is 0 Å². The van der Waals surface area contributed by atoms with Crippen molar-refractivity contribution in [2.75, 3.05) is 26.4 Å². The summed E-state index contributed by atoms with van der Waals surface area (Å²) in [7, 11) is 0. The molecule has 0 saturated heterocycles. The van der Waals surface area contributed by atoms with E-state index in [-0.39, 0.29) is 13.2 Å². The highest BCUT2D eigenvalue weighted by Crippen LogP contribution is 2.39. The normalized spacial score (nSPS) is 11.1. The van der Waals surface area contributed by atoms with Crippen LogP contribution in [-0.4, -0.2) is 36.6 Å². The van der Waals surface area contributed by atoms with E-state index < -0.39 is 0 Å². The van der Waals surface area contributed by atoms with Crippen molar-refractivity contribution in [2.45, 2.75) is 6.42 Å². The second-order valence-electron chi connectivity index (χ2n) is 5.40. The standard InChI is InChI=1S/C17H14.C4H10O3/c1-3-12-9-10-16-15-8-6-5-7-13(15)11-17(16)14(12)4-2;5-1-3-7-4-2-6/h3-10H,1-2,11H2;5-6H,1-4H2. The highest BCUT2D eigenvalue weighted by Gasteiger charge is 2.20. The zero-order valence-corrected chi connectivity index (χ0v) is 13.9. The number of benzene rings is 2. The fourth-order valence-corrected chi connectivity index (χ4v) is 2.90. The van der Waals surface area contributed by atoms with Crippen molar-refractivity contribution in [3.05, 3.63) is 71.8 Å². The SMILES string of the molecule is C=Cc1ccc2c(c1C=C)Cc1ccccc1-2.OCCOCCO. The van der Waals surface area contributed by atoms with Gasteiger partial charge in [-0.05, 0) is 39.8 Å². The summed E-state index contributed by atoms with van der Waals surface area (Å²) in [5.41, 5.74) is 7.91. The van der Waals surface area contributed by atoms with Gasteiger partial charge < -0.3 is 14.9 Å². The first-order valence-electron chi connectivity index (χ1n) is 8.05. The van der Waals surface area contributed by atoms with E-state index in [0.717, 1.165) is 6.42 Å². The third-order valence-corrected chi connectivity index (χ3v) is 3.96. The molecule has 2 aromatic carbocycles. The molecule has 3 heteroatoms. The van der Waals surface area contributed by atoms with Gasteiger partial charge in [0.05, 0.1) is 26.4 Å². The van der Waals surface area contributed by atoms with Crippen LogP contribution in [0.15, 0.2) is 49.6 Å². The molecule has 0 bridgehead atoms. The summed E-state index contributed by atoms with van der Waals surface area (Å²) in [6.45, 7) is 8.49. The average Bonchev–Trinajstić information content (AvgIpc) is 3.00. The third-order valence-electron chi connectivity index (χ3n) is 3.96. The molecule has 0 spiro atoms. The lowest BCUT2D eigenvalue weighted by molar-refractivity contribution is 0.0650. The van der Waals surface area contributed by atoms with Gasteiger partial charge >= 0.3 is 0 Å². The van der Waals surface area contributed by atoms with Crippen LogP contribution in [-0.2, 0) is 11.2 Å². The Balaban J connectivity index is 0.000000256. The number of aliphatic hydroxyl groups excluding tert-OH is 2. The van der Waals surface area contributed by atoms with E-state index in [0.29, 0.717) is 13.2 Å². The predicted molar refractivity (Wildman–Crippen MR) is 99.9 cm³/mol. The molecule has 0 amide bonds. The lowest BCUT2D eigenvalue weighted by atomic mass is 9.96. The Hall–Kier alpha value is -2.20. The van der Waals surface area contributed by atoms with Gasteiger partial charge in [0.1, 0.15) is 0 Å². The van der Waals surface area contributed by atoms with Crippen LogP contribution >= 0.6 is 0 Å². The molecule has 2 aromatic rings. The maximum atomic E-state index is 8.09. The van der Waals surface area contributed by atoms with E-state index in [2.05, 4.69) is 54.3 Å². The van der Waals surface area contributed by atoms with Crippen LogP contribution in [0.25, 0.3) is 23.3 Å².